The molecule has 3 aromatic rings. The lowest BCUT2D eigenvalue weighted by molar-refractivity contribution is 0.0526. The molecule has 0 aliphatic heterocycles. The maximum atomic E-state index is 12.4. The minimum absolute atomic E-state index is 0.213. The van der Waals surface area contributed by atoms with Gasteiger partial charge in [0, 0.05) is 22.3 Å². The Morgan fingerprint density at radius 2 is 1.93 bits per heavy atom. The molecule has 0 saturated carbocycles. The third-order valence-electron chi connectivity index (χ3n) is 3.94. The number of benzene rings is 2. The lowest BCUT2D eigenvalue weighted by Crippen LogP contribution is -2.10. The number of rotatable bonds is 5. The van der Waals surface area contributed by atoms with E-state index in [0.717, 1.165) is 0 Å². The van der Waals surface area contributed by atoms with Gasteiger partial charge in [0.25, 0.3) is 0 Å². The Balaban J connectivity index is 2.18. The number of nitrogens with one attached hydrogen (secondary N) is 1. The number of carbonyl (C=O) groups is 2. The summed E-state index contributed by atoms with van der Waals surface area (Å²) in [6, 6.07) is 9.91. The van der Waals surface area contributed by atoms with Gasteiger partial charge >= 0.3 is 11.9 Å². The van der Waals surface area contributed by atoms with Crippen LogP contribution in [0.15, 0.2) is 42.6 Å². The highest BCUT2D eigenvalue weighted by Gasteiger charge is 2.19. The molecule has 0 bridgehead atoms. The molecule has 8 heteroatoms. The van der Waals surface area contributed by atoms with Gasteiger partial charge in [0.05, 0.1) is 35.5 Å². The van der Waals surface area contributed by atoms with Crippen LogP contribution in [0.2, 0.25) is 10.0 Å². The van der Waals surface area contributed by atoms with Crippen LogP contribution in [0.25, 0.3) is 10.9 Å². The molecule has 0 unspecified atom stereocenters. The van der Waals surface area contributed by atoms with Crippen LogP contribution in [0.4, 0.5) is 11.4 Å². The number of halogens is 2. The highest BCUT2D eigenvalue weighted by molar-refractivity contribution is 6.38. The molecule has 1 N–H and O–H groups in total. The molecule has 0 fully saturated rings. The molecule has 0 aliphatic rings. The average molecular weight is 419 g/mol. The summed E-state index contributed by atoms with van der Waals surface area (Å²) in [5, 5.41) is 4.46. The number of hydrogen-bond donors (Lipinski definition) is 1. The minimum atomic E-state index is -0.542. The molecule has 0 saturated heterocycles. The number of ether oxygens (including phenoxy) is 2. The Kier molecular flexibility index (Phi) is 6.02. The van der Waals surface area contributed by atoms with Crippen LogP contribution in [0, 0.1) is 0 Å². The van der Waals surface area contributed by atoms with Gasteiger partial charge in [0.15, 0.2) is 0 Å². The standard InChI is InChI=1S/C20H16Cl2N2O4/c1-3-28-20(26)15-10-23-18-14(8-12(21)9-16(18)22)17(15)24-13-6-4-5-11(7-13)19(25)27-2/h4-10H,3H2,1-2H3,(H,23,24). The van der Waals surface area contributed by atoms with Gasteiger partial charge in [-0.15, -0.1) is 0 Å². The number of esters is 2. The zero-order valence-corrected chi connectivity index (χ0v) is 16.6. The molecule has 0 aliphatic carbocycles. The minimum Gasteiger partial charge on any atom is -0.465 e. The number of pyridine rings is 1. The first-order valence-corrected chi connectivity index (χ1v) is 9.10. The number of nitrogens with zero attached hydrogens (tertiary/aromatic N) is 1. The van der Waals surface area contributed by atoms with Crippen molar-refractivity contribution >= 4 is 57.4 Å². The first kappa shape index (κ1) is 19.9. The number of fused-ring (bicyclic) bond motifs is 1. The van der Waals surface area contributed by atoms with Crippen molar-refractivity contribution in [2.45, 2.75) is 6.92 Å². The van der Waals surface area contributed by atoms with Gasteiger partial charge in [-0.2, -0.15) is 0 Å². The highest BCUT2D eigenvalue weighted by Crippen LogP contribution is 2.35. The summed E-state index contributed by atoms with van der Waals surface area (Å²) < 4.78 is 9.89. The second-order valence-corrected chi connectivity index (χ2v) is 6.59. The zero-order chi connectivity index (χ0) is 20.3. The van der Waals surface area contributed by atoms with E-state index in [1.54, 1.807) is 43.3 Å². The highest BCUT2D eigenvalue weighted by atomic mass is 35.5. The monoisotopic (exact) mass is 418 g/mol. The number of hydrogen-bond acceptors (Lipinski definition) is 6. The fraction of sp³-hybridized carbons (Fsp3) is 0.150. The fourth-order valence-corrected chi connectivity index (χ4v) is 3.25. The lowest BCUT2D eigenvalue weighted by Gasteiger charge is -2.15. The molecule has 28 heavy (non-hydrogen) atoms. The van der Waals surface area contributed by atoms with Crippen molar-refractivity contribution in [2.75, 3.05) is 19.0 Å². The second-order valence-electron chi connectivity index (χ2n) is 5.75. The van der Waals surface area contributed by atoms with Crippen molar-refractivity contribution in [3.8, 4) is 0 Å². The smallest absolute Gasteiger partial charge is 0.341 e. The largest absolute Gasteiger partial charge is 0.465 e. The van der Waals surface area contributed by atoms with Crippen molar-refractivity contribution < 1.29 is 19.1 Å². The molecule has 0 atom stereocenters. The molecule has 1 heterocycles. The van der Waals surface area contributed by atoms with Gasteiger partial charge in [-0.25, -0.2) is 9.59 Å². The van der Waals surface area contributed by atoms with E-state index in [1.807, 2.05) is 0 Å². The molecule has 0 amide bonds. The van der Waals surface area contributed by atoms with E-state index in [0.29, 0.717) is 37.9 Å². The summed E-state index contributed by atoms with van der Waals surface area (Å²) in [5.74, 6) is -1.01. The van der Waals surface area contributed by atoms with Crippen LogP contribution in [-0.4, -0.2) is 30.6 Å². The topological polar surface area (TPSA) is 77.5 Å². The van der Waals surface area contributed by atoms with E-state index >= 15 is 0 Å². The lowest BCUT2D eigenvalue weighted by atomic mass is 10.1. The van der Waals surface area contributed by atoms with Crippen LogP contribution >= 0.6 is 23.2 Å². The molecule has 2 aromatic carbocycles. The predicted octanol–water partition coefficient (Wildman–Crippen LogP) is 5.25. The molecule has 0 spiro atoms. The van der Waals surface area contributed by atoms with E-state index in [-0.39, 0.29) is 12.2 Å². The summed E-state index contributed by atoms with van der Waals surface area (Å²) in [4.78, 5) is 28.5. The second kappa shape index (κ2) is 8.46. The van der Waals surface area contributed by atoms with E-state index in [1.165, 1.54) is 13.3 Å². The molecule has 3 rings (SSSR count). The van der Waals surface area contributed by atoms with Gasteiger partial charge in [-0.1, -0.05) is 29.3 Å². The Bertz CT molecular complexity index is 1070. The number of methoxy groups -OCH3 is 1. The van der Waals surface area contributed by atoms with Crippen LogP contribution in [0.5, 0.6) is 0 Å². The normalized spacial score (nSPS) is 10.6. The summed E-state index contributed by atoms with van der Waals surface area (Å²) in [7, 11) is 1.31. The Morgan fingerprint density at radius 3 is 2.64 bits per heavy atom. The van der Waals surface area contributed by atoms with Crippen LogP contribution in [0.1, 0.15) is 27.6 Å². The average Bonchev–Trinajstić information content (AvgIpc) is 2.68. The van der Waals surface area contributed by atoms with Gasteiger partial charge in [-0.05, 0) is 37.3 Å². The summed E-state index contributed by atoms with van der Waals surface area (Å²) in [6.45, 7) is 1.93. The zero-order valence-electron chi connectivity index (χ0n) is 15.1. The van der Waals surface area contributed by atoms with E-state index in [9.17, 15) is 9.59 Å². The maximum Gasteiger partial charge on any atom is 0.341 e. The summed E-state index contributed by atoms with van der Waals surface area (Å²) in [6.07, 6.45) is 1.40. The first-order valence-electron chi connectivity index (χ1n) is 8.35. The van der Waals surface area contributed by atoms with Crippen molar-refractivity contribution in [2.24, 2.45) is 0 Å². The van der Waals surface area contributed by atoms with Crippen molar-refractivity contribution in [1.29, 1.82) is 0 Å². The fourth-order valence-electron chi connectivity index (χ4n) is 2.71. The van der Waals surface area contributed by atoms with E-state index < -0.39 is 11.9 Å². The Hall–Kier alpha value is -2.83. The van der Waals surface area contributed by atoms with Gasteiger partial charge < -0.3 is 14.8 Å². The number of anilines is 2. The van der Waals surface area contributed by atoms with Gasteiger partial charge in [0.1, 0.15) is 5.56 Å². The third kappa shape index (κ3) is 4.03. The number of carbonyl (C=O) groups excluding carboxylic acids is 2. The van der Waals surface area contributed by atoms with Gasteiger partial charge in [0.2, 0.25) is 0 Å². The number of aromatic nitrogens is 1. The van der Waals surface area contributed by atoms with Gasteiger partial charge in [-0.3, -0.25) is 4.98 Å². The molecule has 144 valence electrons. The predicted molar refractivity (Wildman–Crippen MR) is 109 cm³/mol. The molecule has 0 radical (unpaired) electrons. The molecule has 1 aromatic heterocycles. The summed E-state index contributed by atoms with van der Waals surface area (Å²) >= 11 is 12.4. The van der Waals surface area contributed by atoms with Crippen LogP contribution in [0.3, 0.4) is 0 Å². The van der Waals surface area contributed by atoms with E-state index in [2.05, 4.69) is 10.3 Å². The maximum absolute atomic E-state index is 12.4. The van der Waals surface area contributed by atoms with E-state index in [4.69, 9.17) is 32.7 Å². The molecule has 6 nitrogen and oxygen atoms in total. The first-order chi connectivity index (χ1) is 13.4. The van der Waals surface area contributed by atoms with Crippen molar-refractivity contribution in [1.82, 2.24) is 4.98 Å². The summed E-state index contributed by atoms with van der Waals surface area (Å²) in [5.41, 5.74) is 2.05. The Labute approximate surface area is 171 Å². The van der Waals surface area contributed by atoms with Crippen LogP contribution < -0.4 is 5.32 Å². The molecular formula is C20H16Cl2N2O4. The Morgan fingerprint density at radius 1 is 1.14 bits per heavy atom. The third-order valence-corrected chi connectivity index (χ3v) is 4.44. The van der Waals surface area contributed by atoms with Crippen molar-refractivity contribution in [3.63, 3.8) is 0 Å². The SMILES string of the molecule is CCOC(=O)c1cnc2c(Cl)cc(Cl)cc2c1Nc1cccc(C(=O)OC)c1. The quantitative estimate of drug-likeness (QED) is 0.570. The van der Waals surface area contributed by atoms with Crippen molar-refractivity contribution in [3.05, 3.63) is 63.8 Å². The molecular weight excluding hydrogens is 403 g/mol. The van der Waals surface area contributed by atoms with Crippen LogP contribution in [-0.2, 0) is 9.47 Å².